The summed E-state index contributed by atoms with van der Waals surface area (Å²) in [6.07, 6.45) is 2.71. The molecule has 1 unspecified atom stereocenters. The van der Waals surface area contributed by atoms with Crippen LogP contribution >= 0.6 is 0 Å². The first-order valence-electron chi connectivity index (χ1n) is 6.47. The summed E-state index contributed by atoms with van der Waals surface area (Å²) in [6, 6.07) is 0. The normalized spacial score (nSPS) is 22.8. The molecule has 0 aliphatic carbocycles. The smallest absolute Gasteiger partial charge is 0.00461 e. The van der Waals surface area contributed by atoms with Crippen molar-refractivity contribution in [2.75, 3.05) is 13.1 Å². The summed E-state index contributed by atoms with van der Waals surface area (Å²) in [5, 5.41) is 3.46. The lowest BCUT2D eigenvalue weighted by atomic mass is 9.59. The highest BCUT2D eigenvalue weighted by atomic mass is 14.9. The van der Waals surface area contributed by atoms with Gasteiger partial charge in [0, 0.05) is 0 Å². The quantitative estimate of drug-likeness (QED) is 0.734. The van der Waals surface area contributed by atoms with Crippen molar-refractivity contribution < 1.29 is 0 Å². The van der Waals surface area contributed by atoms with Gasteiger partial charge >= 0.3 is 0 Å². The van der Waals surface area contributed by atoms with Crippen molar-refractivity contribution >= 4 is 0 Å². The summed E-state index contributed by atoms with van der Waals surface area (Å²) in [6.45, 7) is 16.9. The third-order valence-electron chi connectivity index (χ3n) is 4.81. The standard InChI is InChI=1S/C14H29N/c1-11(13(2,3)4)14(5,6)12-7-9-15-10-8-12/h11-12,15H,7-10H2,1-6H3. The molecule has 0 radical (unpaired) electrons. The molecular formula is C14H29N. The molecule has 1 aliphatic heterocycles. The molecule has 1 saturated heterocycles. The average molecular weight is 211 g/mol. The van der Waals surface area contributed by atoms with Crippen molar-refractivity contribution in [2.24, 2.45) is 22.7 Å². The Balaban J connectivity index is 2.71. The predicted molar refractivity (Wildman–Crippen MR) is 68.0 cm³/mol. The number of hydrogen-bond donors (Lipinski definition) is 1. The first kappa shape index (κ1) is 13.0. The molecule has 0 aromatic rings. The first-order valence-corrected chi connectivity index (χ1v) is 6.47. The van der Waals surface area contributed by atoms with E-state index in [1.54, 1.807) is 0 Å². The van der Waals surface area contributed by atoms with Gasteiger partial charge in [0.25, 0.3) is 0 Å². The Labute approximate surface area is 96.0 Å². The lowest BCUT2D eigenvalue weighted by molar-refractivity contribution is 0.0302. The van der Waals surface area contributed by atoms with E-state index >= 15 is 0 Å². The zero-order valence-electron chi connectivity index (χ0n) is 11.5. The van der Waals surface area contributed by atoms with Crippen molar-refractivity contribution in [3.63, 3.8) is 0 Å². The molecule has 1 N–H and O–H groups in total. The molecule has 0 aromatic heterocycles. The minimum absolute atomic E-state index is 0.425. The van der Waals surface area contributed by atoms with Gasteiger partial charge in [0.15, 0.2) is 0 Å². The molecule has 15 heavy (non-hydrogen) atoms. The monoisotopic (exact) mass is 211 g/mol. The van der Waals surface area contributed by atoms with Gasteiger partial charge in [-0.1, -0.05) is 41.5 Å². The van der Waals surface area contributed by atoms with Crippen molar-refractivity contribution in [1.82, 2.24) is 5.32 Å². The van der Waals surface area contributed by atoms with Crippen LogP contribution in [0.2, 0.25) is 0 Å². The van der Waals surface area contributed by atoms with Crippen LogP contribution in [0.1, 0.15) is 54.4 Å². The summed E-state index contributed by atoms with van der Waals surface area (Å²) in [4.78, 5) is 0. The Morgan fingerprint density at radius 3 is 1.87 bits per heavy atom. The van der Waals surface area contributed by atoms with Gasteiger partial charge in [-0.15, -0.1) is 0 Å². The topological polar surface area (TPSA) is 12.0 Å². The second kappa shape index (κ2) is 4.45. The zero-order valence-corrected chi connectivity index (χ0v) is 11.5. The maximum Gasteiger partial charge on any atom is -0.00461 e. The summed E-state index contributed by atoms with van der Waals surface area (Å²) >= 11 is 0. The molecule has 1 heteroatoms. The van der Waals surface area contributed by atoms with Crippen molar-refractivity contribution in [2.45, 2.75) is 54.4 Å². The van der Waals surface area contributed by atoms with Crippen molar-refractivity contribution in [1.29, 1.82) is 0 Å². The van der Waals surface area contributed by atoms with E-state index in [1.807, 2.05) is 0 Å². The van der Waals surface area contributed by atoms with E-state index in [-0.39, 0.29) is 0 Å². The van der Waals surface area contributed by atoms with E-state index in [0.29, 0.717) is 10.8 Å². The van der Waals surface area contributed by atoms with Crippen LogP contribution in [0.15, 0.2) is 0 Å². The van der Waals surface area contributed by atoms with Crippen LogP contribution in [-0.4, -0.2) is 13.1 Å². The van der Waals surface area contributed by atoms with E-state index in [2.05, 4.69) is 46.9 Å². The number of nitrogens with one attached hydrogen (secondary N) is 1. The fraction of sp³-hybridized carbons (Fsp3) is 1.00. The maximum atomic E-state index is 3.46. The van der Waals surface area contributed by atoms with Crippen LogP contribution in [0.3, 0.4) is 0 Å². The van der Waals surface area contributed by atoms with E-state index in [0.717, 1.165) is 11.8 Å². The molecule has 90 valence electrons. The minimum Gasteiger partial charge on any atom is -0.317 e. The molecule has 1 rings (SSSR count). The Hall–Kier alpha value is -0.0400. The van der Waals surface area contributed by atoms with E-state index in [9.17, 15) is 0 Å². The lowest BCUT2D eigenvalue weighted by Gasteiger charge is -2.47. The van der Waals surface area contributed by atoms with Crippen LogP contribution in [0.25, 0.3) is 0 Å². The predicted octanol–water partition coefficient (Wildman–Crippen LogP) is 3.69. The molecule has 0 bridgehead atoms. The molecule has 1 aliphatic rings. The van der Waals surface area contributed by atoms with Crippen molar-refractivity contribution in [3.05, 3.63) is 0 Å². The molecule has 0 amide bonds. The fourth-order valence-corrected chi connectivity index (χ4v) is 3.04. The summed E-state index contributed by atoms with van der Waals surface area (Å²) < 4.78 is 0. The molecule has 1 heterocycles. The van der Waals surface area contributed by atoms with Gasteiger partial charge in [-0.05, 0) is 48.6 Å². The van der Waals surface area contributed by atoms with Crippen LogP contribution in [0.5, 0.6) is 0 Å². The third-order valence-corrected chi connectivity index (χ3v) is 4.81. The van der Waals surface area contributed by atoms with Crippen LogP contribution in [-0.2, 0) is 0 Å². The average Bonchev–Trinajstić information content (AvgIpc) is 2.16. The number of piperidine rings is 1. The molecule has 1 atom stereocenters. The molecule has 1 nitrogen and oxygen atoms in total. The van der Waals surface area contributed by atoms with Gasteiger partial charge in [0.2, 0.25) is 0 Å². The second-order valence-electron chi connectivity index (χ2n) is 6.93. The summed E-state index contributed by atoms with van der Waals surface area (Å²) in [5.74, 6) is 1.67. The molecular weight excluding hydrogens is 182 g/mol. The van der Waals surface area contributed by atoms with Crippen LogP contribution in [0.4, 0.5) is 0 Å². The SMILES string of the molecule is CC(C(C)(C)C)C(C)(C)C1CCNCC1. The Bertz CT molecular complexity index is 194. The Kier molecular flexibility index (Phi) is 3.86. The van der Waals surface area contributed by atoms with Crippen molar-refractivity contribution in [3.8, 4) is 0 Å². The zero-order chi connectivity index (χ0) is 11.7. The van der Waals surface area contributed by atoms with Gasteiger partial charge in [0.1, 0.15) is 0 Å². The summed E-state index contributed by atoms with van der Waals surface area (Å²) in [7, 11) is 0. The highest BCUT2D eigenvalue weighted by molar-refractivity contribution is 4.90. The maximum absolute atomic E-state index is 3.46. The van der Waals surface area contributed by atoms with Gasteiger partial charge in [-0.25, -0.2) is 0 Å². The highest BCUT2D eigenvalue weighted by Crippen LogP contribution is 2.47. The first-order chi connectivity index (χ1) is 6.76. The minimum atomic E-state index is 0.425. The van der Waals surface area contributed by atoms with Gasteiger partial charge < -0.3 is 5.32 Å². The van der Waals surface area contributed by atoms with E-state index in [1.165, 1.54) is 25.9 Å². The summed E-state index contributed by atoms with van der Waals surface area (Å²) in [5.41, 5.74) is 0.898. The highest BCUT2D eigenvalue weighted by Gasteiger charge is 2.40. The third kappa shape index (κ3) is 2.96. The Morgan fingerprint density at radius 1 is 1.00 bits per heavy atom. The largest absolute Gasteiger partial charge is 0.317 e. The van der Waals surface area contributed by atoms with Crippen LogP contribution in [0, 0.1) is 22.7 Å². The number of hydrogen-bond acceptors (Lipinski definition) is 1. The molecule has 1 fully saturated rings. The molecule has 0 spiro atoms. The van der Waals surface area contributed by atoms with Gasteiger partial charge in [-0.3, -0.25) is 0 Å². The van der Waals surface area contributed by atoms with E-state index in [4.69, 9.17) is 0 Å². The van der Waals surface area contributed by atoms with Gasteiger partial charge in [-0.2, -0.15) is 0 Å². The lowest BCUT2D eigenvalue weighted by Crippen LogP contribution is -2.42. The van der Waals surface area contributed by atoms with Gasteiger partial charge in [0.05, 0.1) is 0 Å². The molecule has 0 aromatic carbocycles. The number of rotatable bonds is 2. The van der Waals surface area contributed by atoms with E-state index < -0.39 is 0 Å². The Morgan fingerprint density at radius 2 is 1.47 bits per heavy atom. The molecule has 0 saturated carbocycles. The fourth-order valence-electron chi connectivity index (χ4n) is 3.04. The van der Waals surface area contributed by atoms with Crippen LogP contribution < -0.4 is 5.32 Å². The second-order valence-corrected chi connectivity index (χ2v) is 6.93.